The van der Waals surface area contributed by atoms with E-state index in [1.807, 2.05) is 16.7 Å². The Balaban J connectivity index is 1.55. The molecule has 0 radical (unpaired) electrons. The molecular weight excluding hydrogens is 282 g/mol. The largest absolute Gasteiger partial charge is 0.476 e. The van der Waals surface area contributed by atoms with Crippen LogP contribution in [0.2, 0.25) is 0 Å². The molecule has 2 amide bonds. The highest BCUT2D eigenvalue weighted by molar-refractivity contribution is 7.99. The predicted octanol–water partition coefficient (Wildman–Crippen LogP) is 0.00180. The Morgan fingerprint density at radius 2 is 1.95 bits per heavy atom. The van der Waals surface area contributed by atoms with Crippen LogP contribution in [0.25, 0.3) is 0 Å². The van der Waals surface area contributed by atoms with Crippen LogP contribution in [0, 0.1) is 0 Å². The van der Waals surface area contributed by atoms with Crippen LogP contribution in [-0.4, -0.2) is 79.6 Å². The van der Waals surface area contributed by atoms with Gasteiger partial charge in [-0.05, 0) is 0 Å². The van der Waals surface area contributed by atoms with Gasteiger partial charge in [-0.15, -0.1) is 5.10 Å². The molecule has 108 valence electrons. The zero-order valence-electron chi connectivity index (χ0n) is 10.8. The Morgan fingerprint density at radius 1 is 1.25 bits per heavy atom. The van der Waals surface area contributed by atoms with Gasteiger partial charge in [-0.1, -0.05) is 5.21 Å². The quantitative estimate of drug-likeness (QED) is 0.826. The monoisotopic (exact) mass is 297 g/mol. The summed E-state index contributed by atoms with van der Waals surface area (Å²) in [5.74, 6) is 0.900. The van der Waals surface area contributed by atoms with Crippen molar-refractivity contribution in [2.24, 2.45) is 0 Å². The second kappa shape index (κ2) is 5.31. The lowest BCUT2D eigenvalue weighted by Crippen LogP contribution is -2.56. The van der Waals surface area contributed by atoms with Crippen LogP contribution < -0.4 is 0 Å². The van der Waals surface area contributed by atoms with Gasteiger partial charge in [-0.3, -0.25) is 0 Å². The van der Waals surface area contributed by atoms with Crippen molar-refractivity contribution >= 4 is 23.8 Å². The average molecular weight is 297 g/mol. The molecular formula is C11H15N5O3S. The van der Waals surface area contributed by atoms with Gasteiger partial charge < -0.3 is 14.9 Å². The third-order valence-electron chi connectivity index (χ3n) is 3.52. The first-order valence-corrected chi connectivity index (χ1v) is 7.57. The number of nitrogens with zero attached hydrogens (tertiary/aromatic N) is 5. The number of aromatic nitrogens is 3. The third-order valence-corrected chi connectivity index (χ3v) is 4.46. The van der Waals surface area contributed by atoms with Gasteiger partial charge in [0.25, 0.3) is 0 Å². The molecule has 1 aromatic heterocycles. The van der Waals surface area contributed by atoms with E-state index < -0.39 is 5.97 Å². The molecule has 2 aliphatic heterocycles. The molecule has 2 saturated heterocycles. The Labute approximate surface area is 119 Å². The fourth-order valence-corrected chi connectivity index (χ4v) is 3.19. The molecule has 0 saturated carbocycles. The molecule has 0 bridgehead atoms. The van der Waals surface area contributed by atoms with Crippen molar-refractivity contribution in [2.75, 3.05) is 37.7 Å². The fraction of sp³-hybridized carbons (Fsp3) is 0.636. The van der Waals surface area contributed by atoms with Gasteiger partial charge in [-0.25, -0.2) is 14.3 Å². The van der Waals surface area contributed by atoms with Gasteiger partial charge in [-0.2, -0.15) is 11.8 Å². The zero-order chi connectivity index (χ0) is 14.1. The Hall–Kier alpha value is -1.77. The van der Waals surface area contributed by atoms with Gasteiger partial charge in [0, 0.05) is 37.7 Å². The average Bonchev–Trinajstić information content (AvgIpc) is 2.87. The molecule has 8 nitrogen and oxygen atoms in total. The summed E-state index contributed by atoms with van der Waals surface area (Å²) in [6, 6.07) is 0.0961. The number of hydrogen-bond donors (Lipinski definition) is 1. The van der Waals surface area contributed by atoms with Gasteiger partial charge in [0.05, 0.1) is 12.2 Å². The van der Waals surface area contributed by atoms with Crippen molar-refractivity contribution in [3.63, 3.8) is 0 Å². The first-order chi connectivity index (χ1) is 9.65. The number of carbonyl (C=O) groups excluding carboxylic acids is 1. The lowest BCUT2D eigenvalue weighted by molar-refractivity contribution is 0.0689. The molecule has 2 fully saturated rings. The lowest BCUT2D eigenvalue weighted by atomic mass is 10.1. The van der Waals surface area contributed by atoms with Crippen LogP contribution >= 0.6 is 11.8 Å². The van der Waals surface area contributed by atoms with Crippen LogP contribution in [0.5, 0.6) is 0 Å². The number of hydrogen-bond acceptors (Lipinski definition) is 5. The molecule has 2 aliphatic rings. The maximum atomic E-state index is 12.2. The summed E-state index contributed by atoms with van der Waals surface area (Å²) in [6.07, 6.45) is 1.41. The normalized spacial score (nSPS) is 19.8. The summed E-state index contributed by atoms with van der Waals surface area (Å²) in [6.45, 7) is 2.73. The summed E-state index contributed by atoms with van der Waals surface area (Å²) >= 11 is 1.87. The van der Waals surface area contributed by atoms with E-state index in [2.05, 4.69) is 10.3 Å². The van der Waals surface area contributed by atoms with Crippen molar-refractivity contribution in [2.45, 2.75) is 6.04 Å². The molecule has 0 unspecified atom stereocenters. The highest BCUT2D eigenvalue weighted by Crippen LogP contribution is 2.23. The standard InChI is InChI=1S/C11H15N5O3S/c17-10(18)9-7-16(13-12-9)8-5-15(6-8)11(19)14-1-3-20-4-2-14/h7-8H,1-6H2,(H,17,18). The van der Waals surface area contributed by atoms with Crippen molar-refractivity contribution in [3.05, 3.63) is 11.9 Å². The van der Waals surface area contributed by atoms with E-state index in [1.165, 1.54) is 10.9 Å². The summed E-state index contributed by atoms with van der Waals surface area (Å²) in [5, 5.41) is 16.2. The fourth-order valence-electron chi connectivity index (χ4n) is 2.29. The van der Waals surface area contributed by atoms with Crippen LogP contribution in [0.3, 0.4) is 0 Å². The summed E-state index contributed by atoms with van der Waals surface area (Å²) in [5.41, 5.74) is -0.0668. The SMILES string of the molecule is O=C(O)c1cn(C2CN(C(=O)N3CCSCC3)C2)nn1. The molecule has 0 aliphatic carbocycles. The van der Waals surface area contributed by atoms with Gasteiger partial charge in [0.1, 0.15) is 0 Å². The molecule has 1 aromatic rings. The summed E-state index contributed by atoms with van der Waals surface area (Å²) in [7, 11) is 0. The molecule has 0 spiro atoms. The lowest BCUT2D eigenvalue weighted by Gasteiger charge is -2.42. The van der Waals surface area contributed by atoms with E-state index in [1.54, 1.807) is 4.90 Å². The maximum Gasteiger partial charge on any atom is 0.358 e. The summed E-state index contributed by atoms with van der Waals surface area (Å²) < 4.78 is 1.53. The minimum absolute atomic E-state index is 0.0266. The minimum atomic E-state index is -1.09. The Morgan fingerprint density at radius 3 is 2.55 bits per heavy atom. The second-order valence-corrected chi connectivity index (χ2v) is 6.05. The van der Waals surface area contributed by atoms with Gasteiger partial charge >= 0.3 is 12.0 Å². The minimum Gasteiger partial charge on any atom is -0.476 e. The number of carbonyl (C=O) groups is 2. The number of aromatic carboxylic acids is 1. The molecule has 0 atom stereocenters. The number of likely N-dealkylation sites (tertiary alicyclic amines) is 1. The van der Waals surface area contributed by atoms with Gasteiger partial charge in [0.2, 0.25) is 0 Å². The van der Waals surface area contributed by atoms with Crippen molar-refractivity contribution < 1.29 is 14.7 Å². The molecule has 0 aromatic carbocycles. The number of thioether (sulfide) groups is 1. The topological polar surface area (TPSA) is 91.6 Å². The van der Waals surface area contributed by atoms with E-state index in [9.17, 15) is 9.59 Å². The number of amides is 2. The molecule has 9 heteroatoms. The Bertz CT molecular complexity index is 522. The number of carboxylic acid groups (broad SMARTS) is 1. The number of rotatable bonds is 2. The van der Waals surface area contributed by atoms with Crippen LogP contribution in [0.15, 0.2) is 6.20 Å². The summed E-state index contributed by atoms with van der Waals surface area (Å²) in [4.78, 5) is 26.5. The highest BCUT2D eigenvalue weighted by atomic mass is 32.2. The van der Waals surface area contributed by atoms with Crippen molar-refractivity contribution in [1.82, 2.24) is 24.8 Å². The van der Waals surface area contributed by atoms with Crippen molar-refractivity contribution in [3.8, 4) is 0 Å². The zero-order valence-corrected chi connectivity index (χ0v) is 11.6. The van der Waals surface area contributed by atoms with E-state index in [4.69, 9.17) is 5.11 Å². The smallest absolute Gasteiger partial charge is 0.358 e. The van der Waals surface area contributed by atoms with Gasteiger partial charge in [0.15, 0.2) is 5.69 Å². The number of urea groups is 1. The van der Waals surface area contributed by atoms with Crippen LogP contribution in [0.1, 0.15) is 16.5 Å². The number of carboxylic acids is 1. The van der Waals surface area contributed by atoms with E-state index in [-0.39, 0.29) is 17.8 Å². The Kier molecular flexibility index (Phi) is 3.51. The van der Waals surface area contributed by atoms with Crippen molar-refractivity contribution in [1.29, 1.82) is 0 Å². The predicted molar refractivity (Wildman–Crippen MR) is 71.9 cm³/mol. The third kappa shape index (κ3) is 2.45. The first-order valence-electron chi connectivity index (χ1n) is 6.42. The molecule has 3 heterocycles. The highest BCUT2D eigenvalue weighted by Gasteiger charge is 2.35. The van der Waals surface area contributed by atoms with Crippen LogP contribution in [-0.2, 0) is 0 Å². The second-order valence-electron chi connectivity index (χ2n) is 4.83. The molecule has 3 rings (SSSR count). The maximum absolute atomic E-state index is 12.2. The van der Waals surface area contributed by atoms with E-state index >= 15 is 0 Å². The molecule has 1 N–H and O–H groups in total. The van der Waals surface area contributed by atoms with E-state index in [0.717, 1.165) is 24.6 Å². The first kappa shape index (κ1) is 13.2. The van der Waals surface area contributed by atoms with Crippen LogP contribution in [0.4, 0.5) is 4.79 Å². The van der Waals surface area contributed by atoms with E-state index in [0.29, 0.717) is 13.1 Å². The molecule has 20 heavy (non-hydrogen) atoms.